The van der Waals surface area contributed by atoms with Crippen molar-refractivity contribution in [3.8, 4) is 11.5 Å². The Morgan fingerprint density at radius 2 is 2.03 bits per heavy atom. The van der Waals surface area contributed by atoms with Crippen molar-refractivity contribution in [2.75, 3.05) is 12.4 Å². The molecule has 4 fully saturated rings. The van der Waals surface area contributed by atoms with E-state index >= 15 is 0 Å². The molecule has 1 aromatic carbocycles. The summed E-state index contributed by atoms with van der Waals surface area (Å²) in [5.74, 6) is -1.67. The van der Waals surface area contributed by atoms with E-state index < -0.39 is 23.0 Å². The van der Waals surface area contributed by atoms with Gasteiger partial charge in [-0.25, -0.2) is 4.79 Å². The highest BCUT2D eigenvalue weighted by molar-refractivity contribution is 6.01. The van der Waals surface area contributed by atoms with E-state index in [1.807, 2.05) is 6.92 Å². The maximum Gasteiger partial charge on any atom is 0.341 e. The third kappa shape index (κ3) is 3.03. The number of carbonyl (C=O) groups is 3. The van der Waals surface area contributed by atoms with E-state index in [4.69, 9.17) is 4.74 Å². The number of phenols is 2. The average molecular weight is 456 g/mol. The zero-order valence-electron chi connectivity index (χ0n) is 19.0. The predicted octanol–water partition coefficient (Wildman–Crippen LogP) is 3.32. The number of amides is 1. The Morgan fingerprint density at radius 3 is 2.73 bits per heavy atom. The van der Waals surface area contributed by atoms with E-state index in [0.29, 0.717) is 12.3 Å². The quantitative estimate of drug-likeness (QED) is 0.460. The number of ketones is 1. The van der Waals surface area contributed by atoms with E-state index in [-0.39, 0.29) is 52.2 Å². The number of carbonyl (C=O) groups excluding carboxylic acids is 3. The molecule has 6 atom stereocenters. The van der Waals surface area contributed by atoms with Crippen LogP contribution in [0, 0.1) is 22.7 Å². The van der Waals surface area contributed by atoms with Crippen molar-refractivity contribution in [2.24, 2.45) is 22.7 Å². The standard InChI is InChI=1S/C25H29NO7/c1-23(8-7-18(29)26-19-15(27)5-4-14(20(19)30)22(31)32-3)17(28)6-9-25-11-13-10-16(21(23)25)33-24(13,2)12-25/h4-6,9,13,16,21,27,30H,7-8,10-12H2,1-3H3,(H,26,29)/t13?,16-,21?,23+,24+,25-/m0/s1. The summed E-state index contributed by atoms with van der Waals surface area (Å²) in [5.41, 5.74) is -1.36. The van der Waals surface area contributed by atoms with Crippen LogP contribution in [0.25, 0.3) is 0 Å². The van der Waals surface area contributed by atoms with Gasteiger partial charge in [0.2, 0.25) is 5.91 Å². The number of aromatic hydroxyl groups is 2. The fourth-order valence-corrected chi connectivity index (χ4v) is 7.19. The summed E-state index contributed by atoms with van der Waals surface area (Å²) in [6.45, 7) is 4.11. The van der Waals surface area contributed by atoms with Crippen molar-refractivity contribution in [2.45, 2.75) is 57.7 Å². The minimum Gasteiger partial charge on any atom is -0.506 e. The number of phenolic OH excluding ortho intramolecular Hbond substituents is 2. The number of methoxy groups -OCH3 is 1. The van der Waals surface area contributed by atoms with Gasteiger partial charge in [-0.15, -0.1) is 0 Å². The van der Waals surface area contributed by atoms with Crippen molar-refractivity contribution in [3.05, 3.63) is 29.8 Å². The number of benzene rings is 1. The van der Waals surface area contributed by atoms with E-state index in [2.05, 4.69) is 23.1 Å². The largest absolute Gasteiger partial charge is 0.506 e. The second-order valence-electron chi connectivity index (χ2n) is 10.5. The van der Waals surface area contributed by atoms with Gasteiger partial charge in [0.25, 0.3) is 0 Å². The topological polar surface area (TPSA) is 122 Å². The molecule has 3 N–H and O–H groups in total. The molecule has 8 nitrogen and oxygen atoms in total. The average Bonchev–Trinajstić information content (AvgIpc) is 3.13. The molecule has 176 valence electrons. The molecule has 5 aliphatic rings. The van der Waals surface area contributed by atoms with E-state index in [9.17, 15) is 24.6 Å². The number of hydrogen-bond donors (Lipinski definition) is 3. The maximum atomic E-state index is 13.1. The Labute approximate surface area is 192 Å². The molecular formula is C25H29NO7. The summed E-state index contributed by atoms with van der Waals surface area (Å²) < 4.78 is 11.0. The van der Waals surface area contributed by atoms with Crippen LogP contribution in [0.15, 0.2) is 24.3 Å². The Morgan fingerprint density at radius 1 is 1.27 bits per heavy atom. The Bertz CT molecular complexity index is 1100. The van der Waals surface area contributed by atoms with Gasteiger partial charge in [-0.1, -0.05) is 13.0 Å². The van der Waals surface area contributed by atoms with Crippen LogP contribution >= 0.6 is 0 Å². The van der Waals surface area contributed by atoms with Crippen molar-refractivity contribution in [3.63, 3.8) is 0 Å². The van der Waals surface area contributed by atoms with Crippen LogP contribution in [0.3, 0.4) is 0 Å². The summed E-state index contributed by atoms with van der Waals surface area (Å²) >= 11 is 0. The van der Waals surface area contributed by atoms with Crippen LogP contribution in [0.5, 0.6) is 11.5 Å². The maximum absolute atomic E-state index is 13.1. The van der Waals surface area contributed by atoms with Gasteiger partial charge in [0.05, 0.1) is 18.8 Å². The van der Waals surface area contributed by atoms with Crippen LogP contribution < -0.4 is 5.32 Å². The smallest absolute Gasteiger partial charge is 0.341 e. The highest BCUT2D eigenvalue weighted by atomic mass is 16.5. The molecular weight excluding hydrogens is 426 g/mol. The summed E-state index contributed by atoms with van der Waals surface area (Å²) in [6, 6.07) is 2.41. The predicted molar refractivity (Wildman–Crippen MR) is 118 cm³/mol. The first kappa shape index (κ1) is 21.9. The van der Waals surface area contributed by atoms with Crippen LogP contribution in [-0.2, 0) is 19.1 Å². The van der Waals surface area contributed by atoms with Crippen molar-refractivity contribution in [1.29, 1.82) is 0 Å². The van der Waals surface area contributed by atoms with Gasteiger partial charge >= 0.3 is 5.97 Å². The number of esters is 1. The second kappa shape index (κ2) is 7.06. The number of ether oxygens (including phenoxy) is 2. The van der Waals surface area contributed by atoms with Crippen LogP contribution in [0.1, 0.15) is 56.3 Å². The molecule has 6 rings (SSSR count). The third-order valence-electron chi connectivity index (χ3n) is 8.61. The highest BCUT2D eigenvalue weighted by Gasteiger charge is 2.71. The van der Waals surface area contributed by atoms with E-state index in [0.717, 1.165) is 19.3 Å². The molecule has 0 radical (unpaired) electrons. The van der Waals surface area contributed by atoms with Crippen molar-refractivity contribution in [1.82, 2.24) is 0 Å². The lowest BCUT2D eigenvalue weighted by Gasteiger charge is -2.55. The van der Waals surface area contributed by atoms with Gasteiger partial charge in [-0.05, 0) is 62.1 Å². The first-order valence-corrected chi connectivity index (χ1v) is 11.4. The lowest BCUT2D eigenvalue weighted by atomic mass is 9.51. The van der Waals surface area contributed by atoms with Crippen molar-refractivity contribution >= 4 is 23.3 Å². The van der Waals surface area contributed by atoms with E-state index in [1.54, 1.807) is 6.08 Å². The molecule has 2 saturated carbocycles. The van der Waals surface area contributed by atoms with Crippen LogP contribution in [0.2, 0.25) is 0 Å². The number of nitrogens with one attached hydrogen (secondary N) is 1. The molecule has 2 saturated heterocycles. The first-order valence-electron chi connectivity index (χ1n) is 11.4. The molecule has 3 aliphatic carbocycles. The Kier molecular flexibility index (Phi) is 4.70. The van der Waals surface area contributed by atoms with E-state index in [1.165, 1.54) is 19.2 Å². The normalized spacial score (nSPS) is 37.8. The molecule has 33 heavy (non-hydrogen) atoms. The molecule has 1 aromatic rings. The molecule has 4 bridgehead atoms. The molecule has 8 heteroatoms. The van der Waals surface area contributed by atoms with Gasteiger partial charge in [-0.3, -0.25) is 9.59 Å². The SMILES string of the molecule is COC(=O)c1ccc(O)c(NC(=O)CC[C@]2(C)C(=O)C=C[C@]34CC5C[C@H](O[C@]5(C)C3)C42)c1O. The first-order chi connectivity index (χ1) is 15.5. The summed E-state index contributed by atoms with van der Waals surface area (Å²) in [4.78, 5) is 37.7. The Hall–Kier alpha value is -2.87. The second-order valence-corrected chi connectivity index (χ2v) is 10.5. The Balaban J connectivity index is 1.35. The molecule has 1 spiro atoms. The molecule has 0 aromatic heterocycles. The number of allylic oxidation sites excluding steroid dienone is 2. The van der Waals surface area contributed by atoms with Gasteiger partial charge in [0, 0.05) is 17.8 Å². The molecule has 2 aliphatic heterocycles. The van der Waals surface area contributed by atoms with Gasteiger partial charge in [0.1, 0.15) is 17.0 Å². The van der Waals surface area contributed by atoms with Gasteiger partial charge < -0.3 is 25.0 Å². The van der Waals surface area contributed by atoms with Crippen molar-refractivity contribution < 1.29 is 34.1 Å². The minimum absolute atomic E-state index is 0.00635. The zero-order valence-corrected chi connectivity index (χ0v) is 19.0. The number of rotatable bonds is 5. The van der Waals surface area contributed by atoms with Crippen LogP contribution in [-0.4, -0.2) is 46.7 Å². The molecule has 2 unspecified atom stereocenters. The molecule has 1 amide bonds. The van der Waals surface area contributed by atoms with Crippen LogP contribution in [0.4, 0.5) is 5.69 Å². The van der Waals surface area contributed by atoms with Gasteiger partial charge in [0.15, 0.2) is 11.5 Å². The molecule has 2 heterocycles. The zero-order chi connectivity index (χ0) is 23.8. The number of anilines is 1. The fourth-order valence-electron chi connectivity index (χ4n) is 7.19. The van der Waals surface area contributed by atoms with Gasteiger partial charge in [-0.2, -0.15) is 0 Å². The minimum atomic E-state index is -0.792. The lowest BCUT2D eigenvalue weighted by molar-refractivity contribution is -0.169. The summed E-state index contributed by atoms with van der Waals surface area (Å²) in [6.07, 6.45) is 7.00. The summed E-state index contributed by atoms with van der Waals surface area (Å²) in [5, 5.41) is 23.0. The highest BCUT2D eigenvalue weighted by Crippen LogP contribution is 2.71. The summed E-state index contributed by atoms with van der Waals surface area (Å²) in [7, 11) is 1.17. The lowest BCUT2D eigenvalue weighted by Crippen LogP contribution is -2.56. The fraction of sp³-hybridized carbons (Fsp3) is 0.560. The number of hydrogen-bond acceptors (Lipinski definition) is 7. The monoisotopic (exact) mass is 455 g/mol. The third-order valence-corrected chi connectivity index (χ3v) is 8.61.